The van der Waals surface area contributed by atoms with Gasteiger partial charge < -0.3 is 5.32 Å². The molecule has 0 bridgehead atoms. The van der Waals surface area contributed by atoms with E-state index in [4.69, 9.17) is 0 Å². The van der Waals surface area contributed by atoms with Gasteiger partial charge in [0.2, 0.25) is 0 Å². The molecule has 1 aliphatic carbocycles. The Kier molecular flexibility index (Phi) is 3.96. The molecule has 1 fully saturated rings. The maximum Gasteiger partial charge on any atom is 0.391 e. The van der Waals surface area contributed by atoms with Gasteiger partial charge in [0, 0.05) is 17.8 Å². The van der Waals surface area contributed by atoms with Crippen LogP contribution in [0.2, 0.25) is 0 Å². The van der Waals surface area contributed by atoms with Gasteiger partial charge in [-0.15, -0.1) is 0 Å². The molecule has 0 amide bonds. The van der Waals surface area contributed by atoms with Crippen LogP contribution < -0.4 is 5.32 Å². The average molecular weight is 279 g/mol. The predicted octanol–water partition coefficient (Wildman–Crippen LogP) is 4.50. The largest absolute Gasteiger partial charge is 0.391 e. The SMILES string of the molecule is Fc1cc(F)cc(NC2CCCC(C(F)(F)F)C2)c1. The third-order valence-electron chi connectivity index (χ3n) is 3.37. The molecule has 0 aromatic heterocycles. The van der Waals surface area contributed by atoms with E-state index in [1.807, 2.05) is 0 Å². The van der Waals surface area contributed by atoms with E-state index in [1.54, 1.807) is 0 Å². The molecule has 0 aliphatic heterocycles. The molecule has 2 atom stereocenters. The highest BCUT2D eigenvalue weighted by Gasteiger charge is 2.42. The summed E-state index contributed by atoms with van der Waals surface area (Å²) in [6.45, 7) is 0. The van der Waals surface area contributed by atoms with Crippen molar-refractivity contribution in [1.29, 1.82) is 0 Å². The van der Waals surface area contributed by atoms with E-state index in [9.17, 15) is 22.0 Å². The molecule has 2 unspecified atom stereocenters. The Labute approximate surface area is 107 Å². The fourth-order valence-corrected chi connectivity index (χ4v) is 2.49. The van der Waals surface area contributed by atoms with Gasteiger partial charge >= 0.3 is 6.18 Å². The number of benzene rings is 1. The van der Waals surface area contributed by atoms with Crippen molar-refractivity contribution in [2.75, 3.05) is 5.32 Å². The van der Waals surface area contributed by atoms with Crippen LogP contribution >= 0.6 is 0 Å². The fourth-order valence-electron chi connectivity index (χ4n) is 2.49. The summed E-state index contributed by atoms with van der Waals surface area (Å²) in [5, 5.41) is 2.78. The van der Waals surface area contributed by atoms with Crippen LogP contribution in [0.15, 0.2) is 18.2 Å². The van der Waals surface area contributed by atoms with Crippen LogP contribution in [0, 0.1) is 17.6 Å². The Hall–Kier alpha value is -1.33. The maximum absolute atomic E-state index is 13.0. The first-order valence-electron chi connectivity index (χ1n) is 6.14. The Balaban J connectivity index is 2.02. The molecule has 6 heteroatoms. The van der Waals surface area contributed by atoms with E-state index < -0.39 is 29.8 Å². The van der Waals surface area contributed by atoms with Crippen molar-refractivity contribution in [3.05, 3.63) is 29.8 Å². The van der Waals surface area contributed by atoms with E-state index in [1.165, 1.54) is 0 Å². The van der Waals surface area contributed by atoms with Crippen LogP contribution in [0.5, 0.6) is 0 Å². The molecule has 1 nitrogen and oxygen atoms in total. The highest BCUT2D eigenvalue weighted by atomic mass is 19.4. The lowest BCUT2D eigenvalue weighted by Crippen LogP contribution is -2.34. The van der Waals surface area contributed by atoms with Gasteiger partial charge in [-0.05, 0) is 31.4 Å². The molecule has 1 aromatic carbocycles. The first-order chi connectivity index (χ1) is 8.84. The lowest BCUT2D eigenvalue weighted by atomic mass is 9.85. The molecule has 0 radical (unpaired) electrons. The van der Waals surface area contributed by atoms with Crippen molar-refractivity contribution in [3.8, 4) is 0 Å². The standard InChI is InChI=1S/C13H14F5N/c14-9-5-10(15)7-12(6-9)19-11-3-1-2-8(4-11)13(16,17)18/h5-8,11,19H,1-4H2. The van der Waals surface area contributed by atoms with Crippen LogP contribution in [-0.4, -0.2) is 12.2 Å². The van der Waals surface area contributed by atoms with Crippen LogP contribution in [0.25, 0.3) is 0 Å². The topological polar surface area (TPSA) is 12.0 Å². The average Bonchev–Trinajstić information content (AvgIpc) is 2.26. The van der Waals surface area contributed by atoms with Gasteiger partial charge in [0.15, 0.2) is 0 Å². The second-order valence-corrected chi connectivity index (χ2v) is 4.90. The molecule has 0 saturated heterocycles. The summed E-state index contributed by atoms with van der Waals surface area (Å²) in [5.74, 6) is -2.83. The van der Waals surface area contributed by atoms with Crippen LogP contribution in [0.1, 0.15) is 25.7 Å². The molecular formula is C13H14F5N. The summed E-state index contributed by atoms with van der Waals surface area (Å²) in [6, 6.07) is 2.49. The van der Waals surface area contributed by atoms with Gasteiger partial charge in [0.25, 0.3) is 0 Å². The normalized spacial score (nSPS) is 24.3. The number of hydrogen-bond donors (Lipinski definition) is 1. The third kappa shape index (κ3) is 3.81. The molecule has 1 aliphatic rings. The Morgan fingerprint density at radius 3 is 2.21 bits per heavy atom. The van der Waals surface area contributed by atoms with E-state index in [2.05, 4.69) is 5.32 Å². The van der Waals surface area contributed by atoms with E-state index >= 15 is 0 Å². The minimum atomic E-state index is -4.20. The van der Waals surface area contributed by atoms with Gasteiger partial charge in [-0.25, -0.2) is 8.78 Å². The first-order valence-corrected chi connectivity index (χ1v) is 6.14. The lowest BCUT2D eigenvalue weighted by molar-refractivity contribution is -0.182. The van der Waals surface area contributed by atoms with Gasteiger partial charge in [-0.1, -0.05) is 6.42 Å². The molecule has 1 aromatic rings. The number of nitrogens with one attached hydrogen (secondary N) is 1. The van der Waals surface area contributed by atoms with Gasteiger partial charge in [-0.3, -0.25) is 0 Å². The van der Waals surface area contributed by atoms with Crippen molar-refractivity contribution in [1.82, 2.24) is 0 Å². The maximum atomic E-state index is 13.0. The zero-order valence-electron chi connectivity index (χ0n) is 10.1. The number of halogens is 5. The smallest absolute Gasteiger partial charge is 0.382 e. The van der Waals surface area contributed by atoms with E-state index in [-0.39, 0.29) is 18.5 Å². The molecule has 106 valence electrons. The highest BCUT2D eigenvalue weighted by Crippen LogP contribution is 2.38. The van der Waals surface area contributed by atoms with Crippen LogP contribution in [0.4, 0.5) is 27.6 Å². The molecule has 0 heterocycles. The summed E-state index contributed by atoms with van der Waals surface area (Å²) < 4.78 is 63.9. The van der Waals surface area contributed by atoms with Crippen molar-refractivity contribution in [3.63, 3.8) is 0 Å². The van der Waals surface area contributed by atoms with Crippen LogP contribution in [-0.2, 0) is 0 Å². The summed E-state index contributed by atoms with van der Waals surface area (Å²) in [5.41, 5.74) is 0.185. The summed E-state index contributed by atoms with van der Waals surface area (Å²) >= 11 is 0. The Morgan fingerprint density at radius 2 is 1.63 bits per heavy atom. The molecule has 1 N–H and O–H groups in total. The van der Waals surface area contributed by atoms with Gasteiger partial charge in [-0.2, -0.15) is 13.2 Å². The van der Waals surface area contributed by atoms with E-state index in [0.717, 1.165) is 18.2 Å². The second kappa shape index (κ2) is 5.35. The number of hydrogen-bond acceptors (Lipinski definition) is 1. The van der Waals surface area contributed by atoms with Gasteiger partial charge in [0.1, 0.15) is 11.6 Å². The summed E-state index contributed by atoms with van der Waals surface area (Å²) in [7, 11) is 0. The first kappa shape index (κ1) is 14.1. The van der Waals surface area contributed by atoms with Crippen molar-refractivity contribution >= 4 is 5.69 Å². The highest BCUT2D eigenvalue weighted by molar-refractivity contribution is 5.44. The molecule has 19 heavy (non-hydrogen) atoms. The minimum Gasteiger partial charge on any atom is -0.382 e. The number of alkyl halides is 3. The second-order valence-electron chi connectivity index (χ2n) is 4.90. The third-order valence-corrected chi connectivity index (χ3v) is 3.37. The molecular weight excluding hydrogens is 265 g/mol. The predicted molar refractivity (Wildman–Crippen MR) is 61.8 cm³/mol. The monoisotopic (exact) mass is 279 g/mol. The lowest BCUT2D eigenvalue weighted by Gasteiger charge is -2.31. The summed E-state index contributed by atoms with van der Waals surface area (Å²) in [6.07, 6.45) is -3.10. The van der Waals surface area contributed by atoms with Gasteiger partial charge in [0.05, 0.1) is 5.92 Å². The molecule has 1 saturated carbocycles. The minimum absolute atomic E-state index is 0.0539. The van der Waals surface area contributed by atoms with Crippen LogP contribution in [0.3, 0.4) is 0 Å². The summed E-state index contributed by atoms with van der Waals surface area (Å²) in [4.78, 5) is 0. The quantitative estimate of drug-likeness (QED) is 0.786. The fraction of sp³-hybridized carbons (Fsp3) is 0.538. The zero-order valence-corrected chi connectivity index (χ0v) is 10.1. The molecule has 0 spiro atoms. The van der Waals surface area contributed by atoms with Crippen molar-refractivity contribution in [2.45, 2.75) is 37.9 Å². The molecule has 2 rings (SSSR count). The zero-order chi connectivity index (χ0) is 14.0. The number of anilines is 1. The number of rotatable bonds is 2. The van der Waals surface area contributed by atoms with Crippen molar-refractivity contribution in [2.24, 2.45) is 5.92 Å². The van der Waals surface area contributed by atoms with Crippen molar-refractivity contribution < 1.29 is 22.0 Å². The Bertz CT molecular complexity index is 423. The van der Waals surface area contributed by atoms with E-state index in [0.29, 0.717) is 12.8 Å². The Morgan fingerprint density at radius 1 is 1.00 bits per heavy atom.